The first-order chi connectivity index (χ1) is 13.9. The van der Waals surface area contributed by atoms with E-state index in [1.807, 2.05) is 4.90 Å². The molecule has 1 aromatic heterocycles. The van der Waals surface area contributed by atoms with E-state index in [0.717, 1.165) is 5.56 Å². The van der Waals surface area contributed by atoms with E-state index in [0.29, 0.717) is 44.4 Å². The average Bonchev–Trinajstić information content (AvgIpc) is 3.21. The molecule has 0 spiro atoms. The lowest BCUT2D eigenvalue weighted by molar-refractivity contribution is -0.384. The van der Waals surface area contributed by atoms with Crippen LogP contribution in [-0.2, 0) is 22.3 Å². The zero-order valence-corrected chi connectivity index (χ0v) is 19.4. The first kappa shape index (κ1) is 24.0. The molecule has 1 aromatic carbocycles. The molecule has 0 bridgehead atoms. The molecule has 0 amide bonds. The van der Waals surface area contributed by atoms with Crippen molar-refractivity contribution in [1.29, 1.82) is 0 Å². The van der Waals surface area contributed by atoms with Crippen molar-refractivity contribution in [2.24, 2.45) is 4.99 Å². The summed E-state index contributed by atoms with van der Waals surface area (Å²) in [4.78, 5) is 16.7. The predicted octanol–water partition coefficient (Wildman–Crippen LogP) is 1.42. The molecule has 13 heteroatoms. The molecule has 1 aliphatic heterocycles. The molecule has 2 aromatic rings. The van der Waals surface area contributed by atoms with E-state index in [1.54, 1.807) is 19.2 Å². The minimum atomic E-state index is -3.47. The highest BCUT2D eigenvalue weighted by molar-refractivity contribution is 14.0. The molecule has 30 heavy (non-hydrogen) atoms. The Balaban J connectivity index is 0.00000320. The first-order valence-corrected chi connectivity index (χ1v) is 10.6. The molecule has 1 fully saturated rings. The van der Waals surface area contributed by atoms with Gasteiger partial charge in [0.05, 0.1) is 10.6 Å². The summed E-state index contributed by atoms with van der Waals surface area (Å²) in [7, 11) is -1.83. The number of nitrogens with one attached hydrogen (secondary N) is 1. The summed E-state index contributed by atoms with van der Waals surface area (Å²) in [6.45, 7) is 1.99. The second kappa shape index (κ2) is 10.7. The lowest BCUT2D eigenvalue weighted by atomic mass is 10.2. The third-order valence-electron chi connectivity index (χ3n) is 4.54. The number of sulfonamides is 1. The summed E-state index contributed by atoms with van der Waals surface area (Å²) in [6, 6.07) is 7.91. The van der Waals surface area contributed by atoms with Gasteiger partial charge in [-0.3, -0.25) is 15.1 Å². The number of aromatic nitrogens is 1. The van der Waals surface area contributed by atoms with Crippen LogP contribution in [0.1, 0.15) is 11.3 Å². The summed E-state index contributed by atoms with van der Waals surface area (Å²) in [5, 5.41) is 17.7. The summed E-state index contributed by atoms with van der Waals surface area (Å²) in [5.41, 5.74) is 1.17. The number of nitro benzene ring substituents is 1. The Morgan fingerprint density at radius 1 is 1.30 bits per heavy atom. The van der Waals surface area contributed by atoms with E-state index in [2.05, 4.69) is 15.5 Å². The van der Waals surface area contributed by atoms with Gasteiger partial charge in [0.1, 0.15) is 12.0 Å². The van der Waals surface area contributed by atoms with Gasteiger partial charge in [0, 0.05) is 58.0 Å². The van der Waals surface area contributed by atoms with Crippen LogP contribution >= 0.6 is 24.0 Å². The number of guanidine groups is 1. The number of hydrogen-bond donors (Lipinski definition) is 1. The number of rotatable bonds is 6. The third kappa shape index (κ3) is 6.12. The molecule has 0 radical (unpaired) electrons. The van der Waals surface area contributed by atoms with Gasteiger partial charge in [-0.1, -0.05) is 17.3 Å². The first-order valence-electron chi connectivity index (χ1n) is 8.95. The van der Waals surface area contributed by atoms with Gasteiger partial charge in [0.15, 0.2) is 5.96 Å². The molecule has 3 rings (SSSR count). The van der Waals surface area contributed by atoms with Gasteiger partial charge >= 0.3 is 0 Å². The van der Waals surface area contributed by atoms with Gasteiger partial charge in [0.25, 0.3) is 5.69 Å². The third-order valence-corrected chi connectivity index (χ3v) is 6.35. The SMILES string of the molecule is CN=C(NCc1cccc([N+](=O)[O-])c1)N1CCN(S(=O)(=O)Cc2ccon2)CC1.I. The van der Waals surface area contributed by atoms with E-state index < -0.39 is 14.9 Å². The van der Waals surface area contributed by atoms with Crippen molar-refractivity contribution < 1.29 is 17.9 Å². The smallest absolute Gasteiger partial charge is 0.269 e. The fraction of sp³-hybridized carbons (Fsp3) is 0.412. The Bertz CT molecular complexity index is 974. The quantitative estimate of drug-likeness (QED) is 0.188. The van der Waals surface area contributed by atoms with Gasteiger partial charge in [-0.05, 0) is 5.56 Å². The van der Waals surface area contributed by atoms with Gasteiger partial charge in [-0.2, -0.15) is 4.31 Å². The van der Waals surface area contributed by atoms with Crippen LogP contribution in [0.15, 0.2) is 46.1 Å². The maximum atomic E-state index is 12.5. The molecule has 0 unspecified atom stereocenters. The van der Waals surface area contributed by atoms with Gasteiger partial charge in [-0.25, -0.2) is 8.42 Å². The van der Waals surface area contributed by atoms with E-state index in [-0.39, 0.29) is 35.4 Å². The molecule has 2 heterocycles. The van der Waals surface area contributed by atoms with Gasteiger partial charge < -0.3 is 14.7 Å². The van der Waals surface area contributed by atoms with Gasteiger partial charge in [-0.15, -0.1) is 24.0 Å². The summed E-state index contributed by atoms with van der Waals surface area (Å²) < 4.78 is 31.2. The summed E-state index contributed by atoms with van der Waals surface area (Å²) in [6.07, 6.45) is 1.35. The molecule has 11 nitrogen and oxygen atoms in total. The standard InChI is InChI=1S/C17H22N6O5S.HI/c1-18-17(19-12-14-3-2-4-16(11-14)23(24)25)21-6-8-22(9-7-21)29(26,27)13-15-5-10-28-20-15;/h2-5,10-11H,6-9,12-13H2,1H3,(H,18,19);1H. The second-order valence-electron chi connectivity index (χ2n) is 6.46. The molecule has 164 valence electrons. The molecule has 1 aliphatic rings. The maximum absolute atomic E-state index is 12.5. The highest BCUT2D eigenvalue weighted by Gasteiger charge is 2.29. The average molecular weight is 550 g/mol. The molecule has 0 saturated carbocycles. The Kier molecular flexibility index (Phi) is 8.54. The van der Waals surface area contributed by atoms with Crippen molar-refractivity contribution in [1.82, 2.24) is 19.7 Å². The second-order valence-corrected chi connectivity index (χ2v) is 8.43. The number of non-ortho nitro benzene ring substituents is 1. The fourth-order valence-corrected chi connectivity index (χ4v) is 4.49. The minimum absolute atomic E-state index is 0. The Morgan fingerprint density at radius 2 is 2.03 bits per heavy atom. The topological polar surface area (TPSA) is 134 Å². The van der Waals surface area contributed by atoms with Crippen LogP contribution in [0.25, 0.3) is 0 Å². The molecule has 0 aliphatic carbocycles. The number of aliphatic imine (C=N–C) groups is 1. The van der Waals surface area contributed by atoms with Gasteiger partial charge in [0.2, 0.25) is 10.0 Å². The predicted molar refractivity (Wildman–Crippen MR) is 121 cm³/mol. The zero-order chi connectivity index (χ0) is 20.9. The van der Waals surface area contributed by atoms with Crippen molar-refractivity contribution in [2.75, 3.05) is 33.2 Å². The van der Waals surface area contributed by atoms with Crippen LogP contribution in [0.2, 0.25) is 0 Å². The lowest BCUT2D eigenvalue weighted by Gasteiger charge is -2.35. The molecule has 1 N–H and O–H groups in total. The van der Waals surface area contributed by atoms with E-state index in [9.17, 15) is 18.5 Å². The number of benzene rings is 1. The number of halogens is 1. The van der Waals surface area contributed by atoms with Crippen molar-refractivity contribution in [3.8, 4) is 0 Å². The largest absolute Gasteiger partial charge is 0.364 e. The zero-order valence-electron chi connectivity index (χ0n) is 16.3. The normalized spacial score (nSPS) is 15.5. The number of hydrogen-bond acceptors (Lipinski definition) is 7. The number of nitrogens with zero attached hydrogens (tertiary/aromatic N) is 5. The van der Waals surface area contributed by atoms with Crippen LogP contribution in [0.5, 0.6) is 0 Å². The molecule has 0 atom stereocenters. The highest BCUT2D eigenvalue weighted by atomic mass is 127. The van der Waals surface area contributed by atoms with E-state index in [1.165, 1.54) is 28.8 Å². The van der Waals surface area contributed by atoms with Crippen molar-refractivity contribution in [3.05, 3.63) is 58.0 Å². The number of piperazine rings is 1. The van der Waals surface area contributed by atoms with Crippen molar-refractivity contribution >= 4 is 45.6 Å². The molecular weight excluding hydrogens is 527 g/mol. The van der Waals surface area contributed by atoms with E-state index in [4.69, 9.17) is 4.52 Å². The van der Waals surface area contributed by atoms with Crippen LogP contribution in [-0.4, -0.2) is 66.9 Å². The minimum Gasteiger partial charge on any atom is -0.364 e. The lowest BCUT2D eigenvalue weighted by Crippen LogP contribution is -2.53. The molecule has 1 saturated heterocycles. The number of nitro groups is 1. The Morgan fingerprint density at radius 3 is 2.63 bits per heavy atom. The molecular formula is C17H23IN6O5S. The van der Waals surface area contributed by atoms with Crippen molar-refractivity contribution in [2.45, 2.75) is 12.3 Å². The van der Waals surface area contributed by atoms with Crippen molar-refractivity contribution in [3.63, 3.8) is 0 Å². The fourth-order valence-electron chi connectivity index (χ4n) is 3.06. The van der Waals surface area contributed by atoms with E-state index >= 15 is 0 Å². The van der Waals surface area contributed by atoms with Crippen LogP contribution in [0.4, 0.5) is 5.69 Å². The van der Waals surface area contributed by atoms with Crippen LogP contribution in [0.3, 0.4) is 0 Å². The summed E-state index contributed by atoms with van der Waals surface area (Å²) in [5.74, 6) is 0.425. The van der Waals surface area contributed by atoms with Crippen LogP contribution in [0, 0.1) is 10.1 Å². The Hall–Kier alpha value is -2.26. The Labute approximate surface area is 191 Å². The highest BCUT2D eigenvalue weighted by Crippen LogP contribution is 2.14. The maximum Gasteiger partial charge on any atom is 0.269 e. The summed E-state index contributed by atoms with van der Waals surface area (Å²) >= 11 is 0. The van der Waals surface area contributed by atoms with Crippen LogP contribution < -0.4 is 5.32 Å². The monoisotopic (exact) mass is 550 g/mol.